The van der Waals surface area contributed by atoms with E-state index in [1.165, 1.54) is 92.6 Å². The van der Waals surface area contributed by atoms with Crippen LogP contribution >= 0.6 is 11.3 Å². The average Bonchev–Trinajstić information content (AvgIpc) is 3.79. The van der Waals surface area contributed by atoms with E-state index >= 15 is 0 Å². The summed E-state index contributed by atoms with van der Waals surface area (Å²) in [6.07, 6.45) is 0. The lowest BCUT2D eigenvalue weighted by atomic mass is 9.81. The SMILES string of the molecule is CC1(C)c2cc(-c3ccccc3)ccc2-c2ccc(N(c3ccc(-c4cc(-c5ccccc5)cc(-c5ccccc5)c4)cc3)c3cccc4c3sc3ccccc34)cc21. The van der Waals surface area contributed by atoms with Gasteiger partial charge in [0.1, 0.15) is 0 Å². The van der Waals surface area contributed by atoms with Gasteiger partial charge < -0.3 is 4.90 Å². The van der Waals surface area contributed by atoms with Crippen molar-refractivity contribution in [3.63, 3.8) is 0 Å². The van der Waals surface area contributed by atoms with E-state index in [4.69, 9.17) is 0 Å². The van der Waals surface area contributed by atoms with E-state index in [0.717, 1.165) is 11.4 Å². The molecule has 1 aliphatic carbocycles. The minimum atomic E-state index is -0.176. The van der Waals surface area contributed by atoms with Crippen molar-refractivity contribution in [3.8, 4) is 55.6 Å². The lowest BCUT2D eigenvalue weighted by Gasteiger charge is -2.28. The maximum atomic E-state index is 2.48. The molecule has 0 saturated carbocycles. The molecule has 59 heavy (non-hydrogen) atoms. The van der Waals surface area contributed by atoms with E-state index in [2.05, 4.69) is 231 Å². The molecule has 1 nitrogen and oxygen atoms in total. The van der Waals surface area contributed by atoms with Gasteiger partial charge in [0.25, 0.3) is 0 Å². The van der Waals surface area contributed by atoms with Crippen LogP contribution in [0.25, 0.3) is 75.8 Å². The number of nitrogens with zero attached hydrogens (tertiary/aromatic N) is 1. The molecule has 10 aromatic rings. The van der Waals surface area contributed by atoms with Crippen LogP contribution in [0, 0.1) is 0 Å². The number of hydrogen-bond acceptors (Lipinski definition) is 2. The number of anilines is 3. The van der Waals surface area contributed by atoms with Crippen LogP contribution < -0.4 is 4.90 Å². The summed E-state index contributed by atoms with van der Waals surface area (Å²) in [5.74, 6) is 0. The summed E-state index contributed by atoms with van der Waals surface area (Å²) in [5.41, 5.74) is 18.4. The minimum absolute atomic E-state index is 0.176. The standard InChI is InChI=1S/C57H41NS/c1-57(2)52-36-42(38-15-6-3-7-16-38)27-31-48(52)49-32-30-47(37-53(49)57)58(54-23-14-22-51-50-21-12-13-24-55(50)59-56(51)54)46-28-25-41(26-29-46)45-34-43(39-17-8-4-9-18-39)33-44(35-45)40-19-10-5-11-20-40/h3-37H,1-2H3. The molecule has 0 atom stereocenters. The highest BCUT2D eigenvalue weighted by molar-refractivity contribution is 7.26. The molecule has 11 rings (SSSR count). The van der Waals surface area contributed by atoms with Crippen molar-refractivity contribution in [3.05, 3.63) is 223 Å². The molecule has 0 spiro atoms. The Morgan fingerprint density at radius 1 is 0.356 bits per heavy atom. The third-order valence-corrected chi connectivity index (χ3v) is 13.5. The molecular formula is C57H41NS. The van der Waals surface area contributed by atoms with Gasteiger partial charge in [0.05, 0.1) is 10.4 Å². The van der Waals surface area contributed by atoms with E-state index in [9.17, 15) is 0 Å². The molecule has 1 aromatic heterocycles. The summed E-state index contributed by atoms with van der Waals surface area (Å²) in [4.78, 5) is 2.48. The summed E-state index contributed by atoms with van der Waals surface area (Å²) in [5, 5.41) is 2.59. The Labute approximate surface area is 350 Å². The molecule has 0 fully saturated rings. The fourth-order valence-electron chi connectivity index (χ4n) is 9.20. The van der Waals surface area contributed by atoms with Gasteiger partial charge in [-0.1, -0.05) is 166 Å². The van der Waals surface area contributed by atoms with Crippen LogP contribution in [0.4, 0.5) is 17.1 Å². The zero-order valence-corrected chi connectivity index (χ0v) is 33.9. The first-order valence-corrected chi connectivity index (χ1v) is 21.2. The van der Waals surface area contributed by atoms with Crippen molar-refractivity contribution < 1.29 is 0 Å². The van der Waals surface area contributed by atoms with Crippen LogP contribution in [-0.4, -0.2) is 0 Å². The molecule has 0 amide bonds. The highest BCUT2D eigenvalue weighted by Gasteiger charge is 2.36. The van der Waals surface area contributed by atoms with Gasteiger partial charge in [-0.3, -0.25) is 0 Å². The highest BCUT2D eigenvalue weighted by Crippen LogP contribution is 2.52. The van der Waals surface area contributed by atoms with Gasteiger partial charge in [0.15, 0.2) is 0 Å². The lowest BCUT2D eigenvalue weighted by molar-refractivity contribution is 0.660. The Kier molecular flexibility index (Phi) is 8.43. The number of benzene rings is 9. The topological polar surface area (TPSA) is 3.24 Å². The summed E-state index contributed by atoms with van der Waals surface area (Å²) in [6, 6.07) is 78.0. The summed E-state index contributed by atoms with van der Waals surface area (Å²) in [6.45, 7) is 4.77. The summed E-state index contributed by atoms with van der Waals surface area (Å²) >= 11 is 1.88. The molecule has 0 aliphatic heterocycles. The van der Waals surface area contributed by atoms with Gasteiger partial charge in [-0.25, -0.2) is 0 Å². The van der Waals surface area contributed by atoms with Crippen LogP contribution in [0.3, 0.4) is 0 Å². The first-order chi connectivity index (χ1) is 29.0. The number of fused-ring (bicyclic) bond motifs is 6. The van der Waals surface area contributed by atoms with E-state index in [0.29, 0.717) is 0 Å². The highest BCUT2D eigenvalue weighted by atomic mass is 32.1. The van der Waals surface area contributed by atoms with Crippen molar-refractivity contribution >= 4 is 48.6 Å². The lowest BCUT2D eigenvalue weighted by Crippen LogP contribution is -2.16. The van der Waals surface area contributed by atoms with Gasteiger partial charge in [0.2, 0.25) is 0 Å². The molecule has 0 radical (unpaired) electrons. The van der Waals surface area contributed by atoms with Crippen molar-refractivity contribution in [2.75, 3.05) is 4.90 Å². The second-order valence-electron chi connectivity index (χ2n) is 16.1. The van der Waals surface area contributed by atoms with Gasteiger partial charge in [-0.15, -0.1) is 11.3 Å². The van der Waals surface area contributed by atoms with Gasteiger partial charge in [-0.05, 0) is 127 Å². The molecule has 0 N–H and O–H groups in total. The monoisotopic (exact) mass is 771 g/mol. The van der Waals surface area contributed by atoms with Gasteiger partial charge in [-0.2, -0.15) is 0 Å². The molecule has 1 aliphatic rings. The van der Waals surface area contributed by atoms with Crippen LogP contribution in [0.1, 0.15) is 25.0 Å². The molecule has 1 heterocycles. The zero-order chi connectivity index (χ0) is 39.5. The van der Waals surface area contributed by atoms with E-state index < -0.39 is 0 Å². The van der Waals surface area contributed by atoms with Crippen LogP contribution in [0.5, 0.6) is 0 Å². The fourth-order valence-corrected chi connectivity index (χ4v) is 10.4. The maximum Gasteiger partial charge on any atom is 0.0640 e. The van der Waals surface area contributed by atoms with E-state index in [1.54, 1.807) is 0 Å². The number of thiophene rings is 1. The Bertz CT molecular complexity index is 3100. The Morgan fingerprint density at radius 3 is 1.46 bits per heavy atom. The minimum Gasteiger partial charge on any atom is -0.309 e. The Balaban J connectivity index is 1.05. The molecule has 0 unspecified atom stereocenters. The predicted molar refractivity (Wildman–Crippen MR) is 253 cm³/mol. The largest absolute Gasteiger partial charge is 0.309 e. The quantitative estimate of drug-likeness (QED) is 0.156. The van der Waals surface area contributed by atoms with Crippen molar-refractivity contribution in [2.45, 2.75) is 19.3 Å². The second kappa shape index (κ2) is 14.1. The maximum absolute atomic E-state index is 2.48. The van der Waals surface area contributed by atoms with Crippen molar-refractivity contribution in [1.29, 1.82) is 0 Å². The smallest absolute Gasteiger partial charge is 0.0640 e. The zero-order valence-electron chi connectivity index (χ0n) is 33.1. The normalized spacial score (nSPS) is 12.7. The van der Waals surface area contributed by atoms with E-state index in [-0.39, 0.29) is 5.41 Å². The van der Waals surface area contributed by atoms with Crippen molar-refractivity contribution in [1.82, 2.24) is 0 Å². The third-order valence-electron chi connectivity index (χ3n) is 12.3. The predicted octanol–water partition coefficient (Wildman–Crippen LogP) is 16.5. The second-order valence-corrected chi connectivity index (χ2v) is 17.2. The van der Waals surface area contributed by atoms with Crippen LogP contribution in [0.2, 0.25) is 0 Å². The molecule has 2 heteroatoms. The summed E-state index contributed by atoms with van der Waals surface area (Å²) in [7, 11) is 0. The van der Waals surface area contributed by atoms with E-state index in [1.807, 2.05) is 11.3 Å². The molecular weight excluding hydrogens is 731 g/mol. The Hall–Kier alpha value is -7.00. The van der Waals surface area contributed by atoms with Crippen molar-refractivity contribution in [2.24, 2.45) is 0 Å². The Morgan fingerprint density at radius 2 is 0.831 bits per heavy atom. The van der Waals surface area contributed by atoms with Gasteiger partial charge in [0, 0.05) is 32.3 Å². The molecule has 280 valence electrons. The first kappa shape index (κ1) is 35.2. The summed E-state index contributed by atoms with van der Waals surface area (Å²) < 4.78 is 2.59. The number of hydrogen-bond donors (Lipinski definition) is 0. The van der Waals surface area contributed by atoms with Crippen LogP contribution in [-0.2, 0) is 5.41 Å². The van der Waals surface area contributed by atoms with Gasteiger partial charge >= 0.3 is 0 Å². The van der Waals surface area contributed by atoms with Crippen LogP contribution in [0.15, 0.2) is 212 Å². The molecule has 0 bridgehead atoms. The average molecular weight is 772 g/mol. The number of rotatable bonds is 7. The third kappa shape index (κ3) is 6.07. The molecule has 0 saturated heterocycles. The fraction of sp³-hybridized carbons (Fsp3) is 0.0526. The first-order valence-electron chi connectivity index (χ1n) is 20.4. The molecule has 9 aromatic carbocycles.